The molecule has 0 bridgehead atoms. The smallest absolute Gasteiger partial charge is 0.263 e. The third-order valence-electron chi connectivity index (χ3n) is 4.25. The monoisotopic (exact) mass is 388 g/mol. The lowest BCUT2D eigenvalue weighted by molar-refractivity contribution is 0.207. The molecule has 0 unspecified atom stereocenters. The Morgan fingerprint density at radius 3 is 2.54 bits per heavy atom. The number of aliphatic hydroxyl groups is 1. The summed E-state index contributed by atoms with van der Waals surface area (Å²) < 4.78 is 25.1. The molecule has 0 aromatic carbocycles. The van der Waals surface area contributed by atoms with Gasteiger partial charge in [-0.1, -0.05) is 11.8 Å². The van der Waals surface area contributed by atoms with Gasteiger partial charge in [-0.3, -0.25) is 9.36 Å². The Morgan fingerprint density at radius 2 is 2.00 bits per heavy atom. The fourth-order valence-corrected chi connectivity index (χ4v) is 7.65. The summed E-state index contributed by atoms with van der Waals surface area (Å²) >= 11 is 2.66. The third-order valence-corrected chi connectivity index (χ3v) is 8.56. The van der Waals surface area contributed by atoms with Gasteiger partial charge in [-0.15, -0.1) is 11.3 Å². The molecular formula is C15H20N2O4S3. The summed E-state index contributed by atoms with van der Waals surface area (Å²) in [5.74, 6) is -0.316. The number of rotatable bonds is 3. The highest BCUT2D eigenvalue weighted by molar-refractivity contribution is 8.01. The molecular weight excluding hydrogens is 368 g/mol. The number of nitrogens with zero attached hydrogens (tertiary/aromatic N) is 2. The fourth-order valence-electron chi connectivity index (χ4n) is 2.87. The first-order valence-electron chi connectivity index (χ1n) is 7.68. The number of aromatic nitrogens is 2. The van der Waals surface area contributed by atoms with E-state index in [0.717, 1.165) is 10.4 Å². The first-order chi connectivity index (χ1) is 11.1. The topological polar surface area (TPSA) is 89.3 Å². The molecule has 1 aliphatic heterocycles. The van der Waals surface area contributed by atoms with Crippen molar-refractivity contribution in [2.75, 3.05) is 11.5 Å². The van der Waals surface area contributed by atoms with Crippen molar-refractivity contribution in [3.05, 3.63) is 20.8 Å². The van der Waals surface area contributed by atoms with Crippen LogP contribution in [0.4, 0.5) is 0 Å². The van der Waals surface area contributed by atoms with Gasteiger partial charge in [-0.05, 0) is 33.3 Å². The van der Waals surface area contributed by atoms with E-state index in [0.29, 0.717) is 15.4 Å². The van der Waals surface area contributed by atoms with Gasteiger partial charge >= 0.3 is 0 Å². The van der Waals surface area contributed by atoms with Gasteiger partial charge in [0.1, 0.15) is 4.83 Å². The Kier molecular flexibility index (Phi) is 4.57. The molecule has 132 valence electrons. The van der Waals surface area contributed by atoms with Crippen LogP contribution in [0, 0.1) is 13.8 Å². The molecule has 1 aliphatic rings. The summed E-state index contributed by atoms with van der Waals surface area (Å²) in [7, 11) is -3.24. The molecule has 3 heterocycles. The van der Waals surface area contributed by atoms with Crippen LogP contribution in [0.25, 0.3) is 10.2 Å². The Hall–Kier alpha value is -0.900. The number of hydrogen-bond donors (Lipinski definition) is 1. The van der Waals surface area contributed by atoms with Crippen molar-refractivity contribution in [2.45, 2.75) is 50.2 Å². The standard InChI is InChI=1S/C15H20N2O4S3/c1-7(2)17-14(19)12-8(3)9(4)22-13(12)16-15(17)23-11-6-24(20,21)5-10(11)18/h7,10-11,18H,5-6H2,1-4H3/t10-,11-/m0/s1. The summed E-state index contributed by atoms with van der Waals surface area (Å²) in [6.07, 6.45) is -0.931. The van der Waals surface area contributed by atoms with Crippen LogP contribution in [0.15, 0.2) is 9.95 Å². The second kappa shape index (κ2) is 6.12. The Balaban J connectivity index is 2.14. The van der Waals surface area contributed by atoms with Crippen molar-refractivity contribution < 1.29 is 13.5 Å². The Bertz CT molecular complexity index is 959. The zero-order chi connectivity index (χ0) is 17.8. The number of aryl methyl sites for hydroxylation is 2. The lowest BCUT2D eigenvalue weighted by Crippen LogP contribution is -2.27. The van der Waals surface area contributed by atoms with E-state index in [-0.39, 0.29) is 23.1 Å². The van der Waals surface area contributed by atoms with Crippen LogP contribution >= 0.6 is 23.1 Å². The minimum absolute atomic E-state index is 0.0899. The molecule has 1 fully saturated rings. The molecule has 6 nitrogen and oxygen atoms in total. The van der Waals surface area contributed by atoms with Crippen molar-refractivity contribution in [1.82, 2.24) is 9.55 Å². The summed E-state index contributed by atoms with van der Waals surface area (Å²) in [4.78, 5) is 19.3. The van der Waals surface area contributed by atoms with Crippen LogP contribution in [0.2, 0.25) is 0 Å². The van der Waals surface area contributed by atoms with Crippen LogP contribution < -0.4 is 5.56 Å². The highest BCUT2D eigenvalue weighted by Gasteiger charge is 2.38. The first-order valence-corrected chi connectivity index (χ1v) is 11.2. The molecule has 0 amide bonds. The molecule has 0 radical (unpaired) electrons. The average Bonchev–Trinajstić information content (AvgIpc) is 2.85. The van der Waals surface area contributed by atoms with Crippen molar-refractivity contribution in [2.24, 2.45) is 0 Å². The quantitative estimate of drug-likeness (QED) is 0.808. The van der Waals surface area contributed by atoms with E-state index < -0.39 is 21.2 Å². The molecule has 1 N–H and O–H groups in total. The maximum absolute atomic E-state index is 12.9. The number of hydrogen-bond acceptors (Lipinski definition) is 7. The minimum Gasteiger partial charge on any atom is -0.391 e. The second-order valence-corrected chi connectivity index (χ2v) is 11.0. The summed E-state index contributed by atoms with van der Waals surface area (Å²) in [6.45, 7) is 7.67. The molecule has 1 saturated heterocycles. The van der Waals surface area contributed by atoms with Gasteiger partial charge in [0.05, 0.1) is 28.2 Å². The van der Waals surface area contributed by atoms with Gasteiger partial charge in [-0.2, -0.15) is 0 Å². The largest absolute Gasteiger partial charge is 0.391 e. The summed E-state index contributed by atoms with van der Waals surface area (Å²) in [6, 6.07) is -0.105. The molecule has 3 rings (SSSR count). The van der Waals surface area contributed by atoms with E-state index in [9.17, 15) is 18.3 Å². The third kappa shape index (κ3) is 3.02. The SMILES string of the molecule is Cc1sc2nc(S[C@H]3CS(=O)(=O)C[C@@H]3O)n(C(C)C)c(=O)c2c1C. The van der Waals surface area contributed by atoms with E-state index >= 15 is 0 Å². The van der Waals surface area contributed by atoms with E-state index in [1.54, 1.807) is 4.57 Å². The summed E-state index contributed by atoms with van der Waals surface area (Å²) in [5, 5.41) is 10.7. The van der Waals surface area contributed by atoms with Gasteiger partial charge < -0.3 is 5.11 Å². The van der Waals surface area contributed by atoms with E-state index in [1.165, 1.54) is 23.1 Å². The van der Waals surface area contributed by atoms with Gasteiger partial charge in [0.2, 0.25) is 0 Å². The zero-order valence-corrected chi connectivity index (χ0v) is 16.4. The normalized spacial score (nSPS) is 23.4. The van der Waals surface area contributed by atoms with Gasteiger partial charge in [-0.25, -0.2) is 13.4 Å². The van der Waals surface area contributed by atoms with Crippen molar-refractivity contribution in [3.8, 4) is 0 Å². The summed E-state index contributed by atoms with van der Waals surface area (Å²) in [5.41, 5.74) is 0.844. The molecule has 2 atom stereocenters. The van der Waals surface area contributed by atoms with E-state index in [2.05, 4.69) is 4.98 Å². The van der Waals surface area contributed by atoms with E-state index in [4.69, 9.17) is 0 Å². The van der Waals surface area contributed by atoms with Crippen molar-refractivity contribution in [3.63, 3.8) is 0 Å². The van der Waals surface area contributed by atoms with Crippen LogP contribution in [-0.2, 0) is 9.84 Å². The predicted octanol–water partition coefficient (Wildman–Crippen LogP) is 1.91. The second-order valence-electron chi connectivity index (χ2n) is 6.43. The van der Waals surface area contributed by atoms with Crippen LogP contribution in [0.1, 0.15) is 30.3 Å². The Labute approximate surface area is 148 Å². The lowest BCUT2D eigenvalue weighted by atomic mass is 10.2. The molecule has 9 heteroatoms. The predicted molar refractivity (Wildman–Crippen MR) is 98.0 cm³/mol. The Morgan fingerprint density at radius 1 is 1.33 bits per heavy atom. The van der Waals surface area contributed by atoms with Crippen molar-refractivity contribution >= 4 is 43.2 Å². The maximum atomic E-state index is 12.9. The average molecular weight is 389 g/mol. The van der Waals surface area contributed by atoms with Gasteiger partial charge in [0, 0.05) is 10.9 Å². The van der Waals surface area contributed by atoms with Crippen LogP contribution in [0.3, 0.4) is 0 Å². The van der Waals surface area contributed by atoms with Gasteiger partial charge in [0.15, 0.2) is 15.0 Å². The first kappa shape index (κ1) is 17.9. The number of fused-ring (bicyclic) bond motifs is 1. The fraction of sp³-hybridized carbons (Fsp3) is 0.600. The number of thiophene rings is 1. The van der Waals surface area contributed by atoms with E-state index in [1.807, 2.05) is 27.7 Å². The van der Waals surface area contributed by atoms with Crippen LogP contribution in [-0.4, -0.2) is 45.9 Å². The highest BCUT2D eigenvalue weighted by Crippen LogP contribution is 2.34. The molecule has 2 aromatic heterocycles. The minimum atomic E-state index is -3.24. The van der Waals surface area contributed by atoms with Crippen molar-refractivity contribution in [1.29, 1.82) is 0 Å². The van der Waals surface area contributed by atoms with Gasteiger partial charge in [0.25, 0.3) is 5.56 Å². The maximum Gasteiger partial charge on any atom is 0.263 e. The number of sulfone groups is 1. The lowest BCUT2D eigenvalue weighted by Gasteiger charge is -2.18. The van der Waals surface area contributed by atoms with Crippen LogP contribution in [0.5, 0.6) is 0 Å². The highest BCUT2D eigenvalue weighted by atomic mass is 32.2. The number of aliphatic hydroxyl groups excluding tert-OH is 1. The molecule has 0 saturated carbocycles. The number of thioether (sulfide) groups is 1. The molecule has 24 heavy (non-hydrogen) atoms. The molecule has 0 spiro atoms. The molecule has 0 aliphatic carbocycles. The molecule has 2 aromatic rings. The zero-order valence-electron chi connectivity index (χ0n) is 13.9.